The van der Waals surface area contributed by atoms with Crippen molar-refractivity contribution in [1.82, 2.24) is 9.46 Å². The number of hydrogen-bond acceptors (Lipinski definition) is 5. The van der Waals surface area contributed by atoms with Crippen molar-refractivity contribution in [1.29, 1.82) is 0 Å². The number of hydrogen-bond donors (Lipinski definition) is 0. The molecule has 0 radical (unpaired) electrons. The van der Waals surface area contributed by atoms with Crippen molar-refractivity contribution in [2.75, 3.05) is 31.1 Å². The summed E-state index contributed by atoms with van der Waals surface area (Å²) in [6.07, 6.45) is -4.67. The minimum atomic E-state index is -4.67. The van der Waals surface area contributed by atoms with Crippen molar-refractivity contribution in [3.63, 3.8) is 0 Å². The van der Waals surface area contributed by atoms with E-state index in [9.17, 15) is 21.6 Å². The molecule has 10 heteroatoms. The van der Waals surface area contributed by atoms with Gasteiger partial charge in [-0.05, 0) is 49.6 Å². The summed E-state index contributed by atoms with van der Waals surface area (Å²) in [5, 5.41) is 3.47. The number of halogens is 3. The highest BCUT2D eigenvalue weighted by Gasteiger charge is 2.36. The van der Waals surface area contributed by atoms with Crippen LogP contribution in [0.5, 0.6) is 0 Å². The van der Waals surface area contributed by atoms with Crippen molar-refractivity contribution >= 4 is 15.7 Å². The van der Waals surface area contributed by atoms with E-state index in [0.717, 1.165) is 22.9 Å². The number of alkyl halides is 3. The third-order valence-electron chi connectivity index (χ3n) is 5.84. The SMILES string of the molecule is Cc1ccc(C)c(N2CCN(S(=O)(=O)c3cc(-c4cc(C(F)(F)F)on4)ccc3C)CC2)c1. The monoisotopic (exact) mass is 479 g/mol. The maximum Gasteiger partial charge on any atom is 0.452 e. The Morgan fingerprint density at radius 3 is 2.21 bits per heavy atom. The normalized spacial score (nSPS) is 15.8. The van der Waals surface area contributed by atoms with E-state index < -0.39 is 22.0 Å². The number of nitrogens with zero attached hydrogens (tertiary/aromatic N) is 3. The Kier molecular flexibility index (Phi) is 6.00. The van der Waals surface area contributed by atoms with Crippen LogP contribution in [-0.4, -0.2) is 44.1 Å². The van der Waals surface area contributed by atoms with Gasteiger partial charge in [-0.3, -0.25) is 0 Å². The number of benzene rings is 2. The van der Waals surface area contributed by atoms with Crippen LogP contribution in [0.25, 0.3) is 11.3 Å². The molecule has 1 saturated heterocycles. The van der Waals surface area contributed by atoms with Gasteiger partial charge in [0, 0.05) is 43.5 Å². The van der Waals surface area contributed by atoms with Gasteiger partial charge >= 0.3 is 6.18 Å². The van der Waals surface area contributed by atoms with Crippen LogP contribution in [0.3, 0.4) is 0 Å². The van der Waals surface area contributed by atoms with Crippen LogP contribution in [-0.2, 0) is 16.2 Å². The Labute approximate surface area is 190 Å². The molecule has 2 aromatic carbocycles. The summed E-state index contributed by atoms with van der Waals surface area (Å²) in [5.74, 6) is -1.23. The molecule has 4 rings (SSSR count). The second-order valence-corrected chi connectivity index (χ2v) is 10.1. The smallest absolute Gasteiger partial charge is 0.369 e. The second-order valence-electron chi connectivity index (χ2n) is 8.24. The molecule has 0 bridgehead atoms. The lowest BCUT2D eigenvalue weighted by molar-refractivity contribution is -0.155. The lowest BCUT2D eigenvalue weighted by Crippen LogP contribution is -2.49. The van der Waals surface area contributed by atoms with Gasteiger partial charge in [-0.1, -0.05) is 29.4 Å². The number of aromatic nitrogens is 1. The topological polar surface area (TPSA) is 66.7 Å². The van der Waals surface area contributed by atoms with Crippen molar-refractivity contribution in [3.8, 4) is 11.3 Å². The predicted molar refractivity (Wildman–Crippen MR) is 119 cm³/mol. The lowest BCUT2D eigenvalue weighted by atomic mass is 10.1. The first-order valence-corrected chi connectivity index (χ1v) is 11.9. The minimum Gasteiger partial charge on any atom is -0.369 e. The first kappa shape index (κ1) is 23.3. The van der Waals surface area contributed by atoms with Gasteiger partial charge in [0.25, 0.3) is 0 Å². The van der Waals surface area contributed by atoms with Crippen LogP contribution in [0.1, 0.15) is 22.5 Å². The molecule has 0 aliphatic carbocycles. The van der Waals surface area contributed by atoms with Crippen molar-refractivity contribution < 1.29 is 26.1 Å². The molecule has 3 aromatic rings. The second kappa shape index (κ2) is 8.49. The predicted octanol–water partition coefficient (Wildman–Crippen LogP) is 4.80. The summed E-state index contributed by atoms with van der Waals surface area (Å²) in [6, 6.07) is 11.4. The Morgan fingerprint density at radius 2 is 1.58 bits per heavy atom. The van der Waals surface area contributed by atoms with Crippen LogP contribution in [0, 0.1) is 20.8 Å². The molecule has 1 aliphatic heterocycles. The third kappa shape index (κ3) is 4.63. The van der Waals surface area contributed by atoms with Crippen LogP contribution in [0.2, 0.25) is 0 Å². The first-order chi connectivity index (χ1) is 15.5. The molecule has 2 heterocycles. The fourth-order valence-corrected chi connectivity index (χ4v) is 5.62. The van der Waals surface area contributed by atoms with Gasteiger partial charge < -0.3 is 9.42 Å². The van der Waals surface area contributed by atoms with Crippen molar-refractivity contribution in [2.45, 2.75) is 31.8 Å². The summed E-state index contributed by atoms with van der Waals surface area (Å²) in [4.78, 5) is 2.22. The van der Waals surface area contributed by atoms with Crippen molar-refractivity contribution in [2.24, 2.45) is 0 Å². The van der Waals surface area contributed by atoms with Crippen LogP contribution < -0.4 is 4.90 Å². The van der Waals surface area contributed by atoms with Gasteiger partial charge in [0.2, 0.25) is 15.8 Å². The van der Waals surface area contributed by atoms with E-state index in [1.807, 2.05) is 19.9 Å². The van der Waals surface area contributed by atoms with Gasteiger partial charge in [0.15, 0.2) is 0 Å². The standard InChI is InChI=1S/C23H24F3N3O3S/c1-15-4-5-16(2)20(12-15)28-8-10-29(11-9-28)33(30,31)21-13-18(7-6-17(21)3)19-14-22(32-27-19)23(24,25)26/h4-7,12-14H,8-11H2,1-3H3. The first-order valence-electron chi connectivity index (χ1n) is 10.4. The Balaban J connectivity index is 1.57. The van der Waals surface area contributed by atoms with E-state index in [4.69, 9.17) is 0 Å². The molecule has 1 aliphatic rings. The maximum atomic E-state index is 13.4. The Hall–Kier alpha value is -2.85. The fraction of sp³-hybridized carbons (Fsp3) is 0.348. The van der Waals surface area contributed by atoms with Gasteiger partial charge in [-0.25, -0.2) is 8.42 Å². The summed E-state index contributed by atoms with van der Waals surface area (Å²) >= 11 is 0. The maximum absolute atomic E-state index is 13.4. The average Bonchev–Trinajstić information content (AvgIpc) is 3.27. The molecule has 1 fully saturated rings. The number of sulfonamides is 1. The molecule has 0 amide bonds. The van der Waals surface area contributed by atoms with E-state index >= 15 is 0 Å². The van der Waals surface area contributed by atoms with E-state index in [2.05, 4.69) is 26.7 Å². The zero-order valence-electron chi connectivity index (χ0n) is 18.5. The van der Waals surface area contributed by atoms with Gasteiger partial charge in [-0.15, -0.1) is 0 Å². The number of piperazine rings is 1. The highest BCUT2D eigenvalue weighted by molar-refractivity contribution is 7.89. The molecule has 176 valence electrons. The van der Waals surface area contributed by atoms with Crippen molar-refractivity contribution in [3.05, 3.63) is 64.9 Å². The Morgan fingerprint density at radius 1 is 0.909 bits per heavy atom. The molecule has 0 saturated carbocycles. The largest absolute Gasteiger partial charge is 0.452 e. The van der Waals surface area contributed by atoms with Gasteiger partial charge in [0.1, 0.15) is 5.69 Å². The molecule has 0 atom stereocenters. The molecule has 33 heavy (non-hydrogen) atoms. The molecule has 6 nitrogen and oxygen atoms in total. The quantitative estimate of drug-likeness (QED) is 0.538. The number of aryl methyl sites for hydroxylation is 3. The van der Waals surface area contributed by atoms with E-state index in [1.54, 1.807) is 13.0 Å². The molecule has 0 N–H and O–H groups in total. The minimum absolute atomic E-state index is 0.0525. The average molecular weight is 480 g/mol. The zero-order chi connectivity index (χ0) is 24.0. The van der Waals surface area contributed by atoms with E-state index in [-0.39, 0.29) is 16.2 Å². The summed E-state index contributed by atoms with van der Waals surface area (Å²) in [7, 11) is -3.84. The van der Waals surface area contributed by atoms with E-state index in [0.29, 0.717) is 31.7 Å². The van der Waals surface area contributed by atoms with Crippen LogP contribution >= 0.6 is 0 Å². The number of anilines is 1. The third-order valence-corrected chi connectivity index (χ3v) is 7.88. The summed E-state index contributed by atoms with van der Waals surface area (Å²) in [5.41, 5.74) is 4.05. The molecule has 0 unspecified atom stereocenters. The molecule has 0 spiro atoms. The summed E-state index contributed by atoms with van der Waals surface area (Å²) in [6.45, 7) is 7.41. The molecule has 1 aromatic heterocycles. The molecular weight excluding hydrogens is 455 g/mol. The molecular formula is C23H24F3N3O3S. The van der Waals surface area contributed by atoms with Gasteiger partial charge in [-0.2, -0.15) is 17.5 Å². The Bertz CT molecular complexity index is 1280. The number of rotatable bonds is 4. The highest BCUT2D eigenvalue weighted by Crippen LogP contribution is 2.34. The van der Waals surface area contributed by atoms with E-state index in [1.165, 1.54) is 16.4 Å². The summed E-state index contributed by atoms with van der Waals surface area (Å²) < 4.78 is 71.2. The zero-order valence-corrected chi connectivity index (χ0v) is 19.3. The van der Waals surface area contributed by atoms with Crippen LogP contribution in [0.4, 0.5) is 18.9 Å². The van der Waals surface area contributed by atoms with Crippen LogP contribution in [0.15, 0.2) is 51.9 Å². The lowest BCUT2D eigenvalue weighted by Gasteiger charge is -2.36. The van der Waals surface area contributed by atoms with Gasteiger partial charge in [0.05, 0.1) is 4.90 Å². The fourth-order valence-electron chi connectivity index (χ4n) is 3.95. The highest BCUT2D eigenvalue weighted by atomic mass is 32.2.